The van der Waals surface area contributed by atoms with Crippen LogP contribution in [0.25, 0.3) is 0 Å². The van der Waals surface area contributed by atoms with E-state index in [9.17, 15) is 5.11 Å². The van der Waals surface area contributed by atoms with Crippen molar-refractivity contribution >= 4 is 27.5 Å². The van der Waals surface area contributed by atoms with Gasteiger partial charge in [0.15, 0.2) is 0 Å². The van der Waals surface area contributed by atoms with Gasteiger partial charge in [0.1, 0.15) is 0 Å². The van der Waals surface area contributed by atoms with Crippen LogP contribution in [0.2, 0.25) is 5.02 Å². The molecule has 3 N–H and O–H groups in total. The molecular weight excluding hydrogens is 338 g/mol. The Bertz CT molecular complexity index is 603. The Morgan fingerprint density at radius 2 is 1.95 bits per heavy atom. The number of nitrogens with two attached hydrogens (primary N) is 1. The van der Waals surface area contributed by atoms with E-state index in [4.69, 9.17) is 17.3 Å². The van der Waals surface area contributed by atoms with Crippen LogP contribution in [-0.2, 0) is 0 Å². The molecule has 0 amide bonds. The number of aliphatic hydroxyl groups excluding tert-OH is 1. The molecule has 0 radical (unpaired) electrons. The summed E-state index contributed by atoms with van der Waals surface area (Å²) in [6.45, 7) is 2.34. The van der Waals surface area contributed by atoms with Gasteiger partial charge in [-0.3, -0.25) is 0 Å². The van der Waals surface area contributed by atoms with Crippen LogP contribution in [0.5, 0.6) is 0 Å². The summed E-state index contributed by atoms with van der Waals surface area (Å²) in [6, 6.07) is 13.3. The average Bonchev–Trinajstić information content (AvgIpc) is 2.44. The van der Waals surface area contributed by atoms with Gasteiger partial charge in [0.2, 0.25) is 0 Å². The van der Waals surface area contributed by atoms with Crippen molar-refractivity contribution in [2.45, 2.75) is 18.9 Å². The van der Waals surface area contributed by atoms with E-state index in [0.717, 1.165) is 21.2 Å². The normalized spacial score (nSPS) is 14.1. The molecular formula is C16H17BrClNO. The number of aryl methyl sites for hydroxylation is 1. The van der Waals surface area contributed by atoms with Crippen LogP contribution >= 0.6 is 27.5 Å². The molecule has 2 unspecified atom stereocenters. The molecule has 0 saturated heterocycles. The summed E-state index contributed by atoms with van der Waals surface area (Å²) in [6.07, 6.45) is -0.684. The fraction of sp³-hybridized carbons (Fsp3) is 0.250. The fourth-order valence-corrected chi connectivity index (χ4v) is 2.90. The van der Waals surface area contributed by atoms with Gasteiger partial charge in [0.25, 0.3) is 0 Å². The Morgan fingerprint density at radius 1 is 1.25 bits per heavy atom. The maximum Gasteiger partial charge on any atom is 0.0871 e. The van der Waals surface area contributed by atoms with Gasteiger partial charge in [-0.05, 0) is 35.7 Å². The summed E-state index contributed by atoms with van der Waals surface area (Å²) in [5.74, 6) is -0.224. The largest absolute Gasteiger partial charge is 0.388 e. The van der Waals surface area contributed by atoms with Crippen LogP contribution in [-0.4, -0.2) is 11.7 Å². The standard InChI is InChI=1S/C16H17BrClNO/c1-10-6-7-11(8-14(10)17)16(20)13(9-19)12-4-2-3-5-15(12)18/h2-8,13,16,20H,9,19H2,1H3. The smallest absolute Gasteiger partial charge is 0.0871 e. The van der Waals surface area contributed by atoms with Crippen molar-refractivity contribution in [3.8, 4) is 0 Å². The lowest BCUT2D eigenvalue weighted by atomic mass is 9.89. The Hall–Kier alpha value is -0.870. The third-order valence-corrected chi connectivity index (χ3v) is 4.68. The second-order valence-electron chi connectivity index (χ2n) is 4.82. The van der Waals surface area contributed by atoms with Crippen molar-refractivity contribution in [1.82, 2.24) is 0 Å². The maximum atomic E-state index is 10.6. The van der Waals surface area contributed by atoms with Gasteiger partial charge in [0, 0.05) is 22.0 Å². The summed E-state index contributed by atoms with van der Waals surface area (Å²) in [4.78, 5) is 0. The highest BCUT2D eigenvalue weighted by Crippen LogP contribution is 2.35. The van der Waals surface area contributed by atoms with Crippen molar-refractivity contribution in [2.24, 2.45) is 5.73 Å². The zero-order valence-electron chi connectivity index (χ0n) is 11.2. The molecule has 2 nitrogen and oxygen atoms in total. The number of hydrogen-bond donors (Lipinski definition) is 2. The Morgan fingerprint density at radius 3 is 2.55 bits per heavy atom. The first-order valence-electron chi connectivity index (χ1n) is 6.43. The molecule has 0 aliphatic heterocycles. The Kier molecular flexibility index (Phi) is 5.22. The van der Waals surface area contributed by atoms with Gasteiger partial charge >= 0.3 is 0 Å². The van der Waals surface area contributed by atoms with Gasteiger partial charge in [0.05, 0.1) is 6.10 Å². The van der Waals surface area contributed by atoms with Crippen LogP contribution in [0.1, 0.15) is 28.7 Å². The summed E-state index contributed by atoms with van der Waals surface area (Å²) >= 11 is 9.70. The quantitative estimate of drug-likeness (QED) is 0.865. The van der Waals surface area contributed by atoms with Gasteiger partial charge in [-0.2, -0.15) is 0 Å². The van der Waals surface area contributed by atoms with E-state index in [1.165, 1.54) is 0 Å². The lowest BCUT2D eigenvalue weighted by Crippen LogP contribution is -2.20. The van der Waals surface area contributed by atoms with Gasteiger partial charge in [-0.15, -0.1) is 0 Å². The van der Waals surface area contributed by atoms with Gasteiger partial charge in [-0.25, -0.2) is 0 Å². The molecule has 2 aromatic carbocycles. The number of aliphatic hydroxyl groups is 1. The van der Waals surface area contributed by atoms with Crippen molar-refractivity contribution < 1.29 is 5.11 Å². The van der Waals surface area contributed by atoms with E-state index in [2.05, 4.69) is 15.9 Å². The topological polar surface area (TPSA) is 46.2 Å². The molecule has 0 fully saturated rings. The molecule has 106 valence electrons. The fourth-order valence-electron chi connectivity index (χ4n) is 2.23. The zero-order valence-corrected chi connectivity index (χ0v) is 13.5. The molecule has 2 aromatic rings. The molecule has 2 rings (SSSR count). The van der Waals surface area contributed by atoms with Crippen molar-refractivity contribution in [3.05, 3.63) is 68.7 Å². The number of rotatable bonds is 4. The number of hydrogen-bond acceptors (Lipinski definition) is 2. The summed E-state index contributed by atoms with van der Waals surface area (Å²) in [5, 5.41) is 11.2. The minimum Gasteiger partial charge on any atom is -0.388 e. The molecule has 4 heteroatoms. The van der Waals surface area contributed by atoms with E-state index < -0.39 is 6.10 Å². The highest BCUT2D eigenvalue weighted by molar-refractivity contribution is 9.10. The van der Waals surface area contributed by atoms with E-state index in [1.807, 2.05) is 49.4 Å². The average molecular weight is 355 g/mol. The molecule has 0 aromatic heterocycles. The van der Waals surface area contributed by atoms with Crippen LogP contribution in [0.4, 0.5) is 0 Å². The van der Waals surface area contributed by atoms with E-state index >= 15 is 0 Å². The van der Waals surface area contributed by atoms with Crippen LogP contribution in [0.15, 0.2) is 46.9 Å². The summed E-state index contributed by atoms with van der Waals surface area (Å²) in [7, 11) is 0. The first-order valence-corrected chi connectivity index (χ1v) is 7.60. The minimum absolute atomic E-state index is 0.224. The lowest BCUT2D eigenvalue weighted by molar-refractivity contribution is 0.147. The molecule has 0 bridgehead atoms. The van der Waals surface area contributed by atoms with E-state index in [-0.39, 0.29) is 5.92 Å². The molecule has 0 saturated carbocycles. The molecule has 0 aliphatic carbocycles. The molecule has 2 atom stereocenters. The summed E-state index contributed by atoms with van der Waals surface area (Å²) in [5.41, 5.74) is 8.68. The van der Waals surface area contributed by atoms with Crippen LogP contribution < -0.4 is 5.73 Å². The number of benzene rings is 2. The molecule has 0 aliphatic rings. The molecule has 20 heavy (non-hydrogen) atoms. The lowest BCUT2D eigenvalue weighted by Gasteiger charge is -2.23. The SMILES string of the molecule is Cc1ccc(C(O)C(CN)c2ccccc2Cl)cc1Br. The van der Waals surface area contributed by atoms with Crippen LogP contribution in [0.3, 0.4) is 0 Å². The van der Waals surface area contributed by atoms with Crippen molar-refractivity contribution in [1.29, 1.82) is 0 Å². The Balaban J connectivity index is 2.36. The first-order chi connectivity index (χ1) is 9.54. The Labute approximate surface area is 132 Å². The predicted molar refractivity (Wildman–Crippen MR) is 87.1 cm³/mol. The predicted octanol–water partition coefficient (Wildman–Crippen LogP) is 4.19. The first kappa shape index (κ1) is 15.5. The second kappa shape index (κ2) is 6.72. The van der Waals surface area contributed by atoms with Crippen LogP contribution in [0, 0.1) is 6.92 Å². The minimum atomic E-state index is -0.684. The third kappa shape index (κ3) is 3.23. The molecule has 0 heterocycles. The number of halogens is 2. The monoisotopic (exact) mass is 353 g/mol. The third-order valence-electron chi connectivity index (χ3n) is 3.48. The van der Waals surface area contributed by atoms with E-state index in [1.54, 1.807) is 0 Å². The van der Waals surface area contributed by atoms with E-state index in [0.29, 0.717) is 11.6 Å². The maximum absolute atomic E-state index is 10.6. The highest BCUT2D eigenvalue weighted by Gasteiger charge is 2.23. The zero-order chi connectivity index (χ0) is 14.7. The second-order valence-corrected chi connectivity index (χ2v) is 6.08. The van der Waals surface area contributed by atoms with Gasteiger partial charge in [-0.1, -0.05) is 57.9 Å². The summed E-state index contributed by atoms with van der Waals surface area (Å²) < 4.78 is 0.976. The van der Waals surface area contributed by atoms with Crippen molar-refractivity contribution in [2.75, 3.05) is 6.54 Å². The van der Waals surface area contributed by atoms with Crippen molar-refractivity contribution in [3.63, 3.8) is 0 Å². The van der Waals surface area contributed by atoms with Gasteiger partial charge < -0.3 is 10.8 Å². The highest BCUT2D eigenvalue weighted by atomic mass is 79.9. The molecule has 0 spiro atoms.